The van der Waals surface area contributed by atoms with Gasteiger partial charge in [-0.1, -0.05) is 34.1 Å². The molecule has 1 heterocycles. The average molecular weight is 364 g/mol. The molecule has 0 atom stereocenters. The van der Waals surface area contributed by atoms with Gasteiger partial charge in [0, 0.05) is 10.0 Å². The summed E-state index contributed by atoms with van der Waals surface area (Å²) in [6.45, 7) is 3.27. The van der Waals surface area contributed by atoms with E-state index in [1.54, 1.807) is 32.0 Å². The fourth-order valence-corrected chi connectivity index (χ4v) is 2.88. The number of aromatic carboxylic acids is 1. The van der Waals surface area contributed by atoms with Crippen molar-refractivity contribution in [1.82, 2.24) is 4.98 Å². The number of pyridine rings is 1. The third-order valence-corrected chi connectivity index (χ3v) is 4.00. The highest BCUT2D eigenvalue weighted by molar-refractivity contribution is 9.10. The molecular formula is C16H14BrNO4. The zero-order valence-corrected chi connectivity index (χ0v) is 13.9. The molecule has 1 aromatic heterocycles. The molecule has 6 heteroatoms. The summed E-state index contributed by atoms with van der Waals surface area (Å²) in [5.74, 6) is -1.75. The van der Waals surface area contributed by atoms with Crippen molar-refractivity contribution in [3.63, 3.8) is 0 Å². The highest BCUT2D eigenvalue weighted by atomic mass is 79.9. The van der Waals surface area contributed by atoms with E-state index in [9.17, 15) is 14.7 Å². The predicted molar refractivity (Wildman–Crippen MR) is 85.1 cm³/mol. The molecule has 0 amide bonds. The first-order valence-electron chi connectivity index (χ1n) is 6.46. The molecular weight excluding hydrogens is 350 g/mol. The second kappa shape index (κ2) is 6.27. The number of ether oxygens (including phenoxy) is 1. The van der Waals surface area contributed by atoms with E-state index < -0.39 is 11.9 Å². The molecule has 0 aliphatic rings. The van der Waals surface area contributed by atoms with Crippen molar-refractivity contribution in [3.05, 3.63) is 51.3 Å². The number of carboxylic acid groups (broad SMARTS) is 1. The third kappa shape index (κ3) is 2.74. The zero-order chi connectivity index (χ0) is 16.4. The lowest BCUT2D eigenvalue weighted by atomic mass is 9.92. The number of carboxylic acids is 1. The van der Waals surface area contributed by atoms with Crippen molar-refractivity contribution in [1.29, 1.82) is 0 Å². The van der Waals surface area contributed by atoms with Crippen molar-refractivity contribution in [2.75, 3.05) is 7.11 Å². The number of nitrogens with zero attached hydrogens (tertiary/aromatic N) is 1. The van der Waals surface area contributed by atoms with Crippen LogP contribution in [0.5, 0.6) is 0 Å². The molecule has 0 saturated heterocycles. The van der Waals surface area contributed by atoms with Crippen molar-refractivity contribution in [2.24, 2.45) is 0 Å². The molecule has 0 spiro atoms. The summed E-state index contributed by atoms with van der Waals surface area (Å²) in [5.41, 5.74) is 1.87. The van der Waals surface area contributed by atoms with Gasteiger partial charge in [-0.05, 0) is 25.5 Å². The van der Waals surface area contributed by atoms with Crippen LogP contribution in [-0.4, -0.2) is 29.1 Å². The number of hydrogen-bond donors (Lipinski definition) is 1. The fourth-order valence-electron chi connectivity index (χ4n) is 2.40. The van der Waals surface area contributed by atoms with E-state index in [4.69, 9.17) is 4.74 Å². The van der Waals surface area contributed by atoms with Crippen molar-refractivity contribution in [2.45, 2.75) is 13.8 Å². The van der Waals surface area contributed by atoms with Gasteiger partial charge in [-0.25, -0.2) is 9.59 Å². The average Bonchev–Trinajstić information content (AvgIpc) is 2.45. The normalized spacial score (nSPS) is 10.4. The molecule has 0 radical (unpaired) electrons. The van der Waals surface area contributed by atoms with Gasteiger partial charge in [-0.2, -0.15) is 0 Å². The number of hydrogen-bond acceptors (Lipinski definition) is 4. The maximum atomic E-state index is 12.2. The van der Waals surface area contributed by atoms with Crippen LogP contribution in [0.1, 0.15) is 32.1 Å². The number of carbonyl (C=O) groups excluding carboxylic acids is 1. The molecule has 0 bridgehead atoms. The summed E-state index contributed by atoms with van der Waals surface area (Å²) in [6.07, 6.45) is 0. The van der Waals surface area contributed by atoms with E-state index in [1.807, 2.05) is 6.07 Å². The number of esters is 1. The van der Waals surface area contributed by atoms with Gasteiger partial charge in [0.25, 0.3) is 0 Å². The molecule has 1 N–H and O–H groups in total. The number of methoxy groups -OCH3 is 1. The highest BCUT2D eigenvalue weighted by Gasteiger charge is 2.27. The van der Waals surface area contributed by atoms with Crippen LogP contribution in [0, 0.1) is 13.8 Å². The Morgan fingerprint density at radius 1 is 1.14 bits per heavy atom. The Morgan fingerprint density at radius 3 is 2.27 bits per heavy atom. The summed E-state index contributed by atoms with van der Waals surface area (Å²) in [5, 5.41) is 9.56. The Kier molecular flexibility index (Phi) is 4.61. The number of aryl methyl sites for hydroxylation is 2. The predicted octanol–water partition coefficient (Wildman–Crippen LogP) is 3.61. The van der Waals surface area contributed by atoms with Crippen LogP contribution in [0.15, 0.2) is 28.7 Å². The van der Waals surface area contributed by atoms with Crippen molar-refractivity contribution < 1.29 is 19.4 Å². The molecule has 5 nitrogen and oxygen atoms in total. The van der Waals surface area contributed by atoms with Gasteiger partial charge in [0.1, 0.15) is 0 Å². The van der Waals surface area contributed by atoms with Crippen LogP contribution in [0.3, 0.4) is 0 Å². The van der Waals surface area contributed by atoms with E-state index in [-0.39, 0.29) is 11.1 Å². The Balaban J connectivity index is 2.98. The SMILES string of the molecule is COC(=O)c1c(C)nc(C)c(C(=O)O)c1-c1ccccc1Br. The molecule has 2 rings (SSSR count). The largest absolute Gasteiger partial charge is 0.478 e. The lowest BCUT2D eigenvalue weighted by Gasteiger charge is -2.16. The second-order valence-corrected chi connectivity index (χ2v) is 5.54. The van der Waals surface area contributed by atoms with Gasteiger partial charge >= 0.3 is 11.9 Å². The number of aromatic nitrogens is 1. The Hall–Kier alpha value is -2.21. The molecule has 0 unspecified atom stereocenters. The van der Waals surface area contributed by atoms with Crippen LogP contribution in [0.25, 0.3) is 11.1 Å². The van der Waals surface area contributed by atoms with Gasteiger partial charge in [-0.3, -0.25) is 4.98 Å². The summed E-state index contributed by atoms with van der Waals surface area (Å²) in [7, 11) is 1.26. The lowest BCUT2D eigenvalue weighted by molar-refractivity contribution is 0.0600. The van der Waals surface area contributed by atoms with E-state index >= 15 is 0 Å². The number of benzene rings is 1. The molecule has 22 heavy (non-hydrogen) atoms. The zero-order valence-electron chi connectivity index (χ0n) is 12.3. The van der Waals surface area contributed by atoms with Gasteiger partial charge in [-0.15, -0.1) is 0 Å². The van der Waals surface area contributed by atoms with Crippen LogP contribution in [-0.2, 0) is 4.74 Å². The van der Waals surface area contributed by atoms with Crippen LogP contribution in [0.4, 0.5) is 0 Å². The van der Waals surface area contributed by atoms with Gasteiger partial charge in [0.05, 0.1) is 29.6 Å². The molecule has 2 aromatic rings. The minimum atomic E-state index is -1.14. The standard InChI is InChI=1S/C16H14BrNO4/c1-8-12(15(19)20)14(10-6-4-5-7-11(10)17)13(9(2)18-8)16(21)22-3/h4-7H,1-3H3,(H,19,20). The van der Waals surface area contributed by atoms with Crippen molar-refractivity contribution >= 4 is 27.9 Å². The molecule has 0 fully saturated rings. The number of halogens is 1. The summed E-state index contributed by atoms with van der Waals surface area (Å²) < 4.78 is 5.49. The number of carbonyl (C=O) groups is 2. The first-order chi connectivity index (χ1) is 10.4. The van der Waals surface area contributed by atoms with E-state index in [2.05, 4.69) is 20.9 Å². The number of rotatable bonds is 3. The molecule has 114 valence electrons. The first kappa shape index (κ1) is 16.2. The highest BCUT2D eigenvalue weighted by Crippen LogP contribution is 2.36. The first-order valence-corrected chi connectivity index (χ1v) is 7.25. The van der Waals surface area contributed by atoms with Crippen molar-refractivity contribution in [3.8, 4) is 11.1 Å². The van der Waals surface area contributed by atoms with E-state index in [0.717, 1.165) is 0 Å². The second-order valence-electron chi connectivity index (χ2n) is 4.68. The van der Waals surface area contributed by atoms with Gasteiger partial charge in [0.2, 0.25) is 0 Å². The molecule has 0 aliphatic heterocycles. The van der Waals surface area contributed by atoms with Crippen LogP contribution >= 0.6 is 15.9 Å². The third-order valence-electron chi connectivity index (χ3n) is 3.31. The fraction of sp³-hybridized carbons (Fsp3) is 0.188. The summed E-state index contributed by atoms with van der Waals surface area (Å²) in [6, 6.07) is 7.12. The van der Waals surface area contributed by atoms with E-state index in [0.29, 0.717) is 27.0 Å². The lowest BCUT2D eigenvalue weighted by Crippen LogP contribution is -2.15. The van der Waals surface area contributed by atoms with Gasteiger partial charge < -0.3 is 9.84 Å². The maximum absolute atomic E-state index is 12.2. The maximum Gasteiger partial charge on any atom is 0.340 e. The molecule has 0 aliphatic carbocycles. The Morgan fingerprint density at radius 2 is 1.73 bits per heavy atom. The van der Waals surface area contributed by atoms with Crippen LogP contribution < -0.4 is 0 Å². The Bertz CT molecular complexity index is 771. The smallest absolute Gasteiger partial charge is 0.340 e. The molecule has 0 saturated carbocycles. The summed E-state index contributed by atoms with van der Waals surface area (Å²) >= 11 is 3.41. The quantitative estimate of drug-likeness (QED) is 0.842. The van der Waals surface area contributed by atoms with Crippen LogP contribution in [0.2, 0.25) is 0 Å². The Labute approximate surface area is 136 Å². The van der Waals surface area contributed by atoms with E-state index in [1.165, 1.54) is 7.11 Å². The topological polar surface area (TPSA) is 76.5 Å². The van der Waals surface area contributed by atoms with Gasteiger partial charge in [0.15, 0.2) is 0 Å². The monoisotopic (exact) mass is 363 g/mol. The summed E-state index contributed by atoms with van der Waals surface area (Å²) in [4.78, 5) is 28.0. The molecule has 1 aromatic carbocycles. The minimum Gasteiger partial charge on any atom is -0.478 e. The minimum absolute atomic E-state index is 0.00194.